The zero-order chi connectivity index (χ0) is 0. The molecule has 0 aromatic heterocycles. The Morgan fingerprint density at radius 1 is 0.500 bits per heavy atom. The summed E-state index contributed by atoms with van der Waals surface area (Å²) >= 11 is 0. The molecule has 0 fully saturated rings. The van der Waals surface area contributed by atoms with E-state index in [1.54, 1.807) is 0 Å². The molecule has 0 aromatic carbocycles. The van der Waals surface area contributed by atoms with E-state index < -0.39 is 0 Å². The molecule has 0 aliphatic rings. The van der Waals surface area contributed by atoms with Gasteiger partial charge in [-0.3, -0.25) is 0 Å². The predicted octanol–water partition coefficient (Wildman–Crippen LogP) is -0.859. The van der Waals surface area contributed by atoms with Gasteiger partial charge < -0.3 is 21.9 Å². The molecular formula is MoO4Pb-6. The van der Waals surface area contributed by atoms with E-state index in [1.165, 1.54) is 0 Å². The molecule has 0 heterocycles. The van der Waals surface area contributed by atoms with Crippen LogP contribution in [0.15, 0.2) is 0 Å². The average Bonchev–Trinajstić information content (AvgIpc) is 0. The number of hydrogen-bond donors (Lipinski definition) is 0. The van der Waals surface area contributed by atoms with Crippen molar-refractivity contribution in [3.05, 3.63) is 0 Å². The summed E-state index contributed by atoms with van der Waals surface area (Å²) in [7, 11) is 0. The summed E-state index contributed by atoms with van der Waals surface area (Å²) in [6.07, 6.45) is 0. The molecule has 4 nitrogen and oxygen atoms in total. The van der Waals surface area contributed by atoms with Crippen LogP contribution in [0.25, 0.3) is 0 Å². The number of rotatable bonds is 0. The minimum absolute atomic E-state index is 0. The molecule has 0 saturated heterocycles. The fraction of sp³-hybridized carbons (Fsp3) is 0. The summed E-state index contributed by atoms with van der Waals surface area (Å²) in [5.74, 6) is 0. The quantitative estimate of drug-likeness (QED) is 0.496. The molecule has 0 rings (SSSR count). The third-order valence-corrected chi connectivity index (χ3v) is 0. The second-order valence-corrected chi connectivity index (χ2v) is 0. The fourth-order valence-electron chi connectivity index (χ4n) is 0. The van der Waals surface area contributed by atoms with Crippen molar-refractivity contribution in [3.63, 3.8) is 0 Å². The van der Waals surface area contributed by atoms with E-state index in [-0.39, 0.29) is 70.3 Å². The van der Waals surface area contributed by atoms with Crippen LogP contribution in [0, 0.1) is 0 Å². The summed E-state index contributed by atoms with van der Waals surface area (Å²) in [6, 6.07) is 0. The zero-order valence-electron chi connectivity index (χ0n) is 2.54. The summed E-state index contributed by atoms with van der Waals surface area (Å²) in [4.78, 5) is 0. The Morgan fingerprint density at radius 3 is 0.500 bits per heavy atom. The first-order chi connectivity index (χ1) is 0. The van der Waals surface area contributed by atoms with Gasteiger partial charge in [-0.25, -0.2) is 0 Å². The van der Waals surface area contributed by atoms with Crippen LogP contribution in [0.2, 0.25) is 0 Å². The Bertz CT molecular complexity index is 7.51. The minimum Gasteiger partial charge on any atom is -2.00 e. The molecular weight excluding hydrogens is 367 g/mol. The summed E-state index contributed by atoms with van der Waals surface area (Å²) < 4.78 is 0. The van der Waals surface area contributed by atoms with Gasteiger partial charge in [0.1, 0.15) is 0 Å². The molecule has 0 aromatic rings. The van der Waals surface area contributed by atoms with E-state index in [0.717, 1.165) is 0 Å². The van der Waals surface area contributed by atoms with Crippen LogP contribution < -0.4 is 0 Å². The van der Waals surface area contributed by atoms with Crippen molar-refractivity contribution >= 4 is 27.3 Å². The van der Waals surface area contributed by atoms with Gasteiger partial charge in [0.2, 0.25) is 0 Å². The molecule has 6 heavy (non-hydrogen) atoms. The first-order valence-electron chi connectivity index (χ1n) is 0. The fourth-order valence-corrected chi connectivity index (χ4v) is 0. The summed E-state index contributed by atoms with van der Waals surface area (Å²) in [6.45, 7) is 0. The molecule has 0 spiro atoms. The van der Waals surface area contributed by atoms with Gasteiger partial charge >= 0.3 is 27.3 Å². The van der Waals surface area contributed by atoms with E-state index in [9.17, 15) is 0 Å². The average molecular weight is 367 g/mol. The molecule has 0 atom stereocenters. The van der Waals surface area contributed by atoms with E-state index >= 15 is 0 Å². The standard InChI is InChI=1S/Mo.4O.Pb/q;4*-2;+2. The van der Waals surface area contributed by atoms with E-state index in [0.29, 0.717) is 0 Å². The van der Waals surface area contributed by atoms with Crippen molar-refractivity contribution in [2.45, 2.75) is 0 Å². The SMILES string of the molecule is [Mo].[O-2].[O-2].[O-2].[O-2].[Pb+2]. The minimum atomic E-state index is 0. The van der Waals surface area contributed by atoms with Gasteiger partial charge in [0, 0.05) is 21.1 Å². The maximum atomic E-state index is 0. The third-order valence-electron chi connectivity index (χ3n) is 0. The Hall–Kier alpha value is 1.45. The van der Waals surface area contributed by atoms with Crippen molar-refractivity contribution in [2.24, 2.45) is 0 Å². The van der Waals surface area contributed by atoms with Crippen LogP contribution in [0.3, 0.4) is 0 Å². The van der Waals surface area contributed by atoms with Crippen LogP contribution in [-0.2, 0) is 43.0 Å². The molecule has 0 aliphatic carbocycles. The first kappa shape index (κ1) is 147. The Balaban J connectivity index is 0. The van der Waals surface area contributed by atoms with Crippen molar-refractivity contribution < 1.29 is 43.0 Å². The van der Waals surface area contributed by atoms with Crippen molar-refractivity contribution in [1.29, 1.82) is 0 Å². The van der Waals surface area contributed by atoms with Crippen LogP contribution in [0.1, 0.15) is 0 Å². The maximum Gasteiger partial charge on any atom is 2.00 e. The molecule has 0 N–H and O–H groups in total. The van der Waals surface area contributed by atoms with Crippen LogP contribution in [0.5, 0.6) is 0 Å². The van der Waals surface area contributed by atoms with E-state index in [2.05, 4.69) is 0 Å². The Labute approximate surface area is 70.0 Å². The van der Waals surface area contributed by atoms with Gasteiger partial charge in [0.25, 0.3) is 0 Å². The summed E-state index contributed by atoms with van der Waals surface area (Å²) in [5, 5.41) is 0. The zero-order valence-corrected chi connectivity index (χ0v) is 8.44. The van der Waals surface area contributed by atoms with E-state index in [4.69, 9.17) is 0 Å². The van der Waals surface area contributed by atoms with Gasteiger partial charge in [0.05, 0.1) is 0 Å². The Kier molecular flexibility index (Phi) is 2240. The molecule has 0 saturated carbocycles. The number of hydrogen-bond acceptors (Lipinski definition) is 0. The molecule has 2 radical (unpaired) electrons. The van der Waals surface area contributed by atoms with Gasteiger partial charge in [0.15, 0.2) is 0 Å². The normalized spacial score (nSPS) is 0. The van der Waals surface area contributed by atoms with Crippen LogP contribution in [-0.4, -0.2) is 27.3 Å². The van der Waals surface area contributed by atoms with E-state index in [1.807, 2.05) is 0 Å². The van der Waals surface area contributed by atoms with Gasteiger partial charge in [-0.05, 0) is 0 Å². The molecule has 0 bridgehead atoms. The topological polar surface area (TPSA) is 114 Å². The van der Waals surface area contributed by atoms with Gasteiger partial charge in [-0.1, -0.05) is 0 Å². The third kappa shape index (κ3) is 51.3. The Morgan fingerprint density at radius 2 is 0.500 bits per heavy atom. The van der Waals surface area contributed by atoms with Gasteiger partial charge in [-0.15, -0.1) is 0 Å². The molecule has 40 valence electrons. The van der Waals surface area contributed by atoms with Crippen LogP contribution >= 0.6 is 0 Å². The smallest absolute Gasteiger partial charge is 2.00 e. The van der Waals surface area contributed by atoms with Crippen molar-refractivity contribution in [2.75, 3.05) is 0 Å². The second-order valence-electron chi connectivity index (χ2n) is 0. The second kappa shape index (κ2) is 91.1. The van der Waals surface area contributed by atoms with Gasteiger partial charge in [-0.2, -0.15) is 0 Å². The monoisotopic (exact) mass is 370 g/mol. The largest absolute Gasteiger partial charge is 2.00 e. The summed E-state index contributed by atoms with van der Waals surface area (Å²) in [5.41, 5.74) is 0. The molecule has 0 unspecified atom stereocenters. The van der Waals surface area contributed by atoms with Crippen molar-refractivity contribution in [3.8, 4) is 0 Å². The molecule has 0 amide bonds. The molecule has 0 aliphatic heterocycles. The molecule has 6 heteroatoms. The maximum absolute atomic E-state index is 0. The van der Waals surface area contributed by atoms with Crippen molar-refractivity contribution in [1.82, 2.24) is 0 Å². The predicted molar refractivity (Wildman–Crippen MR) is 8.50 cm³/mol. The first-order valence-corrected chi connectivity index (χ1v) is 0. The van der Waals surface area contributed by atoms with Crippen LogP contribution in [0.4, 0.5) is 0 Å².